The molecule has 0 saturated carbocycles. The zero-order valence-corrected chi connectivity index (χ0v) is 11.6. The predicted octanol–water partition coefficient (Wildman–Crippen LogP) is 0.798. The molecule has 1 unspecified atom stereocenters. The number of nitrogens with two attached hydrogens (primary N) is 1. The first-order valence-corrected chi connectivity index (χ1v) is 6.79. The van der Waals surface area contributed by atoms with E-state index in [-0.39, 0.29) is 11.8 Å². The molecule has 1 fully saturated rings. The Balaban J connectivity index is 2.16. The SMILES string of the molecule is Cc1cccc(C[C@H](C(=O)O)N2CC(CN)CC2=O)c1. The summed E-state index contributed by atoms with van der Waals surface area (Å²) >= 11 is 0. The van der Waals surface area contributed by atoms with Gasteiger partial charge in [0.25, 0.3) is 0 Å². The van der Waals surface area contributed by atoms with Crippen molar-refractivity contribution in [1.82, 2.24) is 4.90 Å². The van der Waals surface area contributed by atoms with Crippen molar-refractivity contribution < 1.29 is 14.7 Å². The zero-order valence-electron chi connectivity index (χ0n) is 11.6. The summed E-state index contributed by atoms with van der Waals surface area (Å²) in [5, 5.41) is 9.42. The predicted molar refractivity (Wildman–Crippen MR) is 75.2 cm³/mol. The summed E-state index contributed by atoms with van der Waals surface area (Å²) in [5.41, 5.74) is 7.60. The van der Waals surface area contributed by atoms with E-state index in [1.165, 1.54) is 4.90 Å². The standard InChI is InChI=1S/C15H20N2O3/c1-10-3-2-4-11(5-10)6-13(15(19)20)17-9-12(8-16)7-14(17)18/h2-5,12-13H,6-9,16H2,1H3,(H,19,20)/t12?,13-/m1/s1. The van der Waals surface area contributed by atoms with Crippen molar-refractivity contribution in [2.75, 3.05) is 13.1 Å². The number of carbonyl (C=O) groups is 2. The number of nitrogens with zero attached hydrogens (tertiary/aromatic N) is 1. The van der Waals surface area contributed by atoms with Gasteiger partial charge in [0.15, 0.2) is 0 Å². The quantitative estimate of drug-likeness (QED) is 0.833. The maximum atomic E-state index is 12.0. The molecule has 1 aromatic rings. The van der Waals surface area contributed by atoms with E-state index in [4.69, 9.17) is 5.73 Å². The molecule has 108 valence electrons. The maximum Gasteiger partial charge on any atom is 0.326 e. The van der Waals surface area contributed by atoms with Gasteiger partial charge in [0, 0.05) is 19.4 Å². The van der Waals surface area contributed by atoms with Crippen LogP contribution in [-0.2, 0) is 16.0 Å². The van der Waals surface area contributed by atoms with Gasteiger partial charge in [-0.15, -0.1) is 0 Å². The van der Waals surface area contributed by atoms with Crippen molar-refractivity contribution in [3.63, 3.8) is 0 Å². The minimum atomic E-state index is -0.961. The van der Waals surface area contributed by atoms with Crippen LogP contribution in [0, 0.1) is 12.8 Å². The molecule has 1 amide bonds. The van der Waals surface area contributed by atoms with E-state index in [1.54, 1.807) is 0 Å². The molecule has 0 aliphatic carbocycles. The highest BCUT2D eigenvalue weighted by molar-refractivity contribution is 5.85. The Bertz CT molecular complexity index is 516. The van der Waals surface area contributed by atoms with E-state index in [9.17, 15) is 14.7 Å². The first kappa shape index (κ1) is 14.5. The second kappa shape index (κ2) is 6.05. The van der Waals surface area contributed by atoms with Crippen LogP contribution >= 0.6 is 0 Å². The highest BCUT2D eigenvalue weighted by Crippen LogP contribution is 2.21. The smallest absolute Gasteiger partial charge is 0.326 e. The lowest BCUT2D eigenvalue weighted by Gasteiger charge is -2.25. The van der Waals surface area contributed by atoms with Crippen molar-refractivity contribution in [1.29, 1.82) is 0 Å². The summed E-state index contributed by atoms with van der Waals surface area (Å²) in [5.74, 6) is -1.00. The van der Waals surface area contributed by atoms with E-state index in [0.29, 0.717) is 25.9 Å². The minimum Gasteiger partial charge on any atom is -0.480 e. The van der Waals surface area contributed by atoms with E-state index in [1.807, 2.05) is 31.2 Å². The number of aliphatic carboxylic acids is 1. The van der Waals surface area contributed by atoms with E-state index in [2.05, 4.69) is 0 Å². The van der Waals surface area contributed by atoms with Gasteiger partial charge in [-0.3, -0.25) is 4.79 Å². The number of carbonyl (C=O) groups excluding carboxylic acids is 1. The highest BCUT2D eigenvalue weighted by Gasteiger charge is 2.37. The van der Waals surface area contributed by atoms with Crippen LogP contribution in [0.1, 0.15) is 17.5 Å². The van der Waals surface area contributed by atoms with Gasteiger partial charge in [0.2, 0.25) is 5.91 Å². The Morgan fingerprint density at radius 3 is 2.85 bits per heavy atom. The minimum absolute atomic E-state index is 0.0712. The number of likely N-dealkylation sites (tertiary alicyclic amines) is 1. The van der Waals surface area contributed by atoms with Crippen molar-refractivity contribution in [2.45, 2.75) is 25.8 Å². The number of carboxylic acids is 1. The van der Waals surface area contributed by atoms with Gasteiger partial charge in [0.1, 0.15) is 6.04 Å². The number of amides is 1. The average Bonchev–Trinajstić information content (AvgIpc) is 2.77. The third-order valence-electron chi connectivity index (χ3n) is 3.74. The van der Waals surface area contributed by atoms with Crippen LogP contribution in [0.25, 0.3) is 0 Å². The summed E-state index contributed by atoms with van der Waals surface area (Å²) < 4.78 is 0. The fourth-order valence-corrected chi connectivity index (χ4v) is 2.66. The monoisotopic (exact) mass is 276 g/mol. The summed E-state index contributed by atoms with van der Waals surface area (Å²) in [6.07, 6.45) is 0.689. The van der Waals surface area contributed by atoms with Crippen LogP contribution in [0.5, 0.6) is 0 Å². The molecule has 5 nitrogen and oxygen atoms in total. The van der Waals surface area contributed by atoms with E-state index < -0.39 is 12.0 Å². The van der Waals surface area contributed by atoms with Gasteiger partial charge in [0.05, 0.1) is 0 Å². The summed E-state index contributed by atoms with van der Waals surface area (Å²) in [7, 11) is 0. The molecular weight excluding hydrogens is 256 g/mol. The van der Waals surface area contributed by atoms with Crippen LogP contribution in [-0.4, -0.2) is 41.0 Å². The van der Waals surface area contributed by atoms with Crippen molar-refractivity contribution in [2.24, 2.45) is 11.7 Å². The number of rotatable bonds is 5. The van der Waals surface area contributed by atoms with Gasteiger partial charge >= 0.3 is 5.97 Å². The van der Waals surface area contributed by atoms with Crippen LogP contribution in [0.4, 0.5) is 0 Å². The number of hydrogen-bond acceptors (Lipinski definition) is 3. The molecule has 0 bridgehead atoms. The average molecular weight is 276 g/mol. The molecule has 5 heteroatoms. The normalized spacial score (nSPS) is 20.2. The molecule has 2 atom stereocenters. The fraction of sp³-hybridized carbons (Fsp3) is 0.467. The number of aryl methyl sites for hydroxylation is 1. The Hall–Kier alpha value is -1.88. The Labute approximate surface area is 118 Å². The van der Waals surface area contributed by atoms with Gasteiger partial charge < -0.3 is 15.7 Å². The summed E-state index contributed by atoms with van der Waals surface area (Å²) in [4.78, 5) is 24.9. The molecule has 0 radical (unpaired) electrons. The topological polar surface area (TPSA) is 83.6 Å². The molecule has 1 aliphatic rings. The van der Waals surface area contributed by atoms with Gasteiger partial charge in [-0.2, -0.15) is 0 Å². The lowest BCUT2D eigenvalue weighted by atomic mass is 10.0. The number of benzene rings is 1. The van der Waals surface area contributed by atoms with Crippen LogP contribution in [0.15, 0.2) is 24.3 Å². The molecule has 2 rings (SSSR count). The molecule has 1 aliphatic heterocycles. The summed E-state index contributed by atoms with van der Waals surface area (Å²) in [6, 6.07) is 6.91. The Morgan fingerprint density at radius 2 is 2.30 bits per heavy atom. The zero-order chi connectivity index (χ0) is 14.7. The fourth-order valence-electron chi connectivity index (χ4n) is 2.66. The molecule has 20 heavy (non-hydrogen) atoms. The third-order valence-corrected chi connectivity index (χ3v) is 3.74. The lowest BCUT2D eigenvalue weighted by Crippen LogP contribution is -2.44. The summed E-state index contributed by atoms with van der Waals surface area (Å²) in [6.45, 7) is 2.82. The highest BCUT2D eigenvalue weighted by atomic mass is 16.4. The van der Waals surface area contributed by atoms with Gasteiger partial charge in [-0.1, -0.05) is 29.8 Å². The second-order valence-electron chi connectivity index (χ2n) is 5.40. The van der Waals surface area contributed by atoms with Crippen LogP contribution < -0.4 is 5.73 Å². The first-order valence-electron chi connectivity index (χ1n) is 6.79. The second-order valence-corrected chi connectivity index (χ2v) is 5.40. The van der Waals surface area contributed by atoms with E-state index >= 15 is 0 Å². The molecule has 1 aromatic carbocycles. The molecule has 3 N–H and O–H groups in total. The third kappa shape index (κ3) is 3.17. The molecule has 1 heterocycles. The Kier molecular flexibility index (Phi) is 4.39. The van der Waals surface area contributed by atoms with Crippen molar-refractivity contribution in [3.8, 4) is 0 Å². The van der Waals surface area contributed by atoms with E-state index in [0.717, 1.165) is 11.1 Å². The molecule has 0 aromatic heterocycles. The largest absolute Gasteiger partial charge is 0.480 e. The van der Waals surface area contributed by atoms with Gasteiger partial charge in [-0.05, 0) is 24.9 Å². The van der Waals surface area contributed by atoms with Crippen molar-refractivity contribution >= 4 is 11.9 Å². The number of hydrogen-bond donors (Lipinski definition) is 2. The maximum absolute atomic E-state index is 12.0. The first-order chi connectivity index (χ1) is 9.51. The number of carboxylic acid groups (broad SMARTS) is 1. The Morgan fingerprint density at radius 1 is 1.55 bits per heavy atom. The van der Waals surface area contributed by atoms with Crippen LogP contribution in [0.2, 0.25) is 0 Å². The molecule has 0 spiro atoms. The van der Waals surface area contributed by atoms with Crippen LogP contribution in [0.3, 0.4) is 0 Å². The molecular formula is C15H20N2O3. The van der Waals surface area contributed by atoms with Gasteiger partial charge in [-0.25, -0.2) is 4.79 Å². The van der Waals surface area contributed by atoms with Crippen molar-refractivity contribution in [3.05, 3.63) is 35.4 Å². The molecule has 1 saturated heterocycles. The lowest BCUT2D eigenvalue weighted by molar-refractivity contribution is -0.148.